The summed E-state index contributed by atoms with van der Waals surface area (Å²) in [5.41, 5.74) is 8.97. The summed E-state index contributed by atoms with van der Waals surface area (Å²) in [7, 11) is 0. The first-order valence-electron chi connectivity index (χ1n) is 10.0. The van der Waals surface area contributed by atoms with E-state index in [9.17, 15) is 4.79 Å². The quantitative estimate of drug-likeness (QED) is 0.665. The number of halogens is 1. The molecule has 3 N–H and O–H groups in total. The Morgan fingerprint density at radius 3 is 2.46 bits per heavy atom. The maximum atomic E-state index is 12.7. The Labute approximate surface area is 175 Å². The minimum atomic E-state index is -0.184. The van der Waals surface area contributed by atoms with Crippen molar-refractivity contribution in [2.75, 3.05) is 13.1 Å². The van der Waals surface area contributed by atoms with Crippen molar-refractivity contribution in [3.63, 3.8) is 0 Å². The van der Waals surface area contributed by atoms with Gasteiger partial charge in [0.05, 0.1) is 0 Å². The molecule has 4 rings (SSSR count). The zero-order chi connectivity index (χ0) is 19.3. The second-order valence-electron chi connectivity index (χ2n) is 7.73. The molecule has 2 aliphatic heterocycles. The van der Waals surface area contributed by atoms with Crippen molar-refractivity contribution < 1.29 is 4.79 Å². The van der Waals surface area contributed by atoms with Crippen LogP contribution in [0.4, 0.5) is 0 Å². The Balaban J connectivity index is 1.22. The molecule has 6 heteroatoms. The van der Waals surface area contributed by atoms with Gasteiger partial charge >= 0.3 is 0 Å². The molecule has 2 aromatic rings. The van der Waals surface area contributed by atoms with E-state index in [1.54, 1.807) is 0 Å². The normalized spacial score (nSPS) is 23.6. The molecule has 0 bridgehead atoms. The third-order valence-electron chi connectivity index (χ3n) is 5.68. The minimum Gasteiger partial charge on any atom is -0.352 e. The van der Waals surface area contributed by atoms with E-state index in [-0.39, 0.29) is 24.0 Å². The lowest BCUT2D eigenvalue weighted by atomic mass is 10.0. The van der Waals surface area contributed by atoms with Gasteiger partial charge in [-0.2, -0.15) is 0 Å². The lowest BCUT2D eigenvalue weighted by Crippen LogP contribution is -2.50. The highest BCUT2D eigenvalue weighted by molar-refractivity contribution is 9.10. The summed E-state index contributed by atoms with van der Waals surface area (Å²) in [5, 5.41) is 3.25. The standard InChI is InChI=1S/C22H27BrN4O/c23-18-8-6-17(7-9-18)20-14-21(26-25-20)22(28)24-19-10-12-27(13-11-19)15-16-4-2-1-3-5-16/h1-9,19-21,25-26H,10-15H2,(H,24,28). The number of nitrogens with one attached hydrogen (secondary N) is 3. The van der Waals surface area contributed by atoms with Crippen molar-refractivity contribution >= 4 is 21.8 Å². The number of hydrogen-bond acceptors (Lipinski definition) is 4. The van der Waals surface area contributed by atoms with Crippen molar-refractivity contribution in [2.45, 2.75) is 43.9 Å². The molecule has 2 fully saturated rings. The van der Waals surface area contributed by atoms with Crippen molar-refractivity contribution in [1.29, 1.82) is 0 Å². The summed E-state index contributed by atoms with van der Waals surface area (Å²) >= 11 is 3.46. The van der Waals surface area contributed by atoms with Crippen LogP contribution in [-0.2, 0) is 11.3 Å². The number of hydrazine groups is 1. The Morgan fingerprint density at radius 1 is 1.04 bits per heavy atom. The van der Waals surface area contributed by atoms with Gasteiger partial charge < -0.3 is 5.32 Å². The zero-order valence-corrected chi connectivity index (χ0v) is 17.5. The summed E-state index contributed by atoms with van der Waals surface area (Å²) in [5.74, 6) is 0.105. The van der Waals surface area contributed by atoms with Gasteiger partial charge in [-0.25, -0.2) is 10.9 Å². The first-order chi connectivity index (χ1) is 13.7. The van der Waals surface area contributed by atoms with Crippen LogP contribution in [0, 0.1) is 0 Å². The monoisotopic (exact) mass is 442 g/mol. The zero-order valence-electron chi connectivity index (χ0n) is 15.9. The summed E-state index contributed by atoms with van der Waals surface area (Å²) in [4.78, 5) is 15.2. The predicted octanol–water partition coefficient (Wildman–Crippen LogP) is 3.14. The number of nitrogens with zero attached hydrogens (tertiary/aromatic N) is 1. The third-order valence-corrected chi connectivity index (χ3v) is 6.20. The topological polar surface area (TPSA) is 56.4 Å². The lowest BCUT2D eigenvalue weighted by Gasteiger charge is -2.32. The number of benzene rings is 2. The molecule has 2 saturated heterocycles. The molecule has 1 amide bonds. The van der Waals surface area contributed by atoms with Gasteiger partial charge in [0, 0.05) is 36.2 Å². The fourth-order valence-electron chi connectivity index (χ4n) is 4.02. The van der Waals surface area contributed by atoms with Crippen LogP contribution in [0.15, 0.2) is 59.1 Å². The molecule has 148 valence electrons. The molecular weight excluding hydrogens is 416 g/mol. The molecule has 0 saturated carbocycles. The van der Waals surface area contributed by atoms with E-state index in [2.05, 4.69) is 79.5 Å². The van der Waals surface area contributed by atoms with Crippen molar-refractivity contribution in [1.82, 2.24) is 21.1 Å². The van der Waals surface area contributed by atoms with Crippen LogP contribution in [0.25, 0.3) is 0 Å². The van der Waals surface area contributed by atoms with Crippen LogP contribution in [0.3, 0.4) is 0 Å². The van der Waals surface area contributed by atoms with E-state index < -0.39 is 0 Å². The summed E-state index contributed by atoms with van der Waals surface area (Å²) in [6.45, 7) is 3.04. The number of likely N-dealkylation sites (tertiary alicyclic amines) is 1. The maximum absolute atomic E-state index is 12.7. The lowest BCUT2D eigenvalue weighted by molar-refractivity contribution is -0.123. The summed E-state index contributed by atoms with van der Waals surface area (Å²) in [6, 6.07) is 19.1. The SMILES string of the molecule is O=C(NC1CCN(Cc2ccccc2)CC1)C1CC(c2ccc(Br)cc2)NN1. The Kier molecular flexibility index (Phi) is 6.42. The largest absolute Gasteiger partial charge is 0.352 e. The number of hydrogen-bond donors (Lipinski definition) is 3. The molecule has 2 unspecified atom stereocenters. The molecule has 2 aliphatic rings. The van der Waals surface area contributed by atoms with Crippen molar-refractivity contribution in [3.8, 4) is 0 Å². The van der Waals surface area contributed by atoms with Gasteiger partial charge in [-0.15, -0.1) is 0 Å². The van der Waals surface area contributed by atoms with Gasteiger partial charge in [-0.05, 0) is 42.5 Å². The van der Waals surface area contributed by atoms with E-state index in [1.165, 1.54) is 11.1 Å². The average Bonchev–Trinajstić information content (AvgIpc) is 3.21. The Bertz CT molecular complexity index is 775. The first-order valence-corrected chi connectivity index (χ1v) is 10.8. The smallest absolute Gasteiger partial charge is 0.238 e. The predicted molar refractivity (Wildman–Crippen MR) is 114 cm³/mol. The van der Waals surface area contributed by atoms with Crippen LogP contribution >= 0.6 is 15.9 Å². The number of piperidine rings is 1. The molecular formula is C22H27BrN4O. The number of carbonyl (C=O) groups is 1. The number of amides is 1. The van der Waals surface area contributed by atoms with E-state index in [0.29, 0.717) is 0 Å². The fourth-order valence-corrected chi connectivity index (χ4v) is 4.28. The fraction of sp³-hybridized carbons (Fsp3) is 0.409. The van der Waals surface area contributed by atoms with Crippen molar-refractivity contribution in [3.05, 3.63) is 70.2 Å². The van der Waals surface area contributed by atoms with Gasteiger partial charge in [0.2, 0.25) is 5.91 Å². The molecule has 2 atom stereocenters. The number of carbonyl (C=O) groups excluding carboxylic acids is 1. The maximum Gasteiger partial charge on any atom is 0.238 e. The molecule has 2 heterocycles. The third kappa shape index (κ3) is 5.00. The van der Waals surface area contributed by atoms with Crippen LogP contribution in [0.5, 0.6) is 0 Å². The van der Waals surface area contributed by atoms with E-state index >= 15 is 0 Å². The van der Waals surface area contributed by atoms with Gasteiger partial charge in [0.1, 0.15) is 6.04 Å². The summed E-state index contributed by atoms with van der Waals surface area (Å²) < 4.78 is 1.06. The molecule has 0 radical (unpaired) electrons. The van der Waals surface area contributed by atoms with E-state index in [4.69, 9.17) is 0 Å². The van der Waals surface area contributed by atoms with Gasteiger partial charge in [0.25, 0.3) is 0 Å². The van der Waals surface area contributed by atoms with Crippen LogP contribution in [0.1, 0.15) is 36.4 Å². The minimum absolute atomic E-state index is 0.105. The van der Waals surface area contributed by atoms with Gasteiger partial charge in [0.15, 0.2) is 0 Å². The van der Waals surface area contributed by atoms with Crippen molar-refractivity contribution in [2.24, 2.45) is 0 Å². The van der Waals surface area contributed by atoms with Crippen LogP contribution in [0.2, 0.25) is 0 Å². The van der Waals surface area contributed by atoms with Crippen LogP contribution < -0.4 is 16.2 Å². The number of rotatable bonds is 5. The highest BCUT2D eigenvalue weighted by Gasteiger charge is 2.31. The van der Waals surface area contributed by atoms with Gasteiger partial charge in [-0.1, -0.05) is 58.4 Å². The molecule has 28 heavy (non-hydrogen) atoms. The second-order valence-corrected chi connectivity index (χ2v) is 8.64. The highest BCUT2D eigenvalue weighted by atomic mass is 79.9. The average molecular weight is 443 g/mol. The first kappa shape index (κ1) is 19.6. The molecule has 0 spiro atoms. The molecule has 2 aromatic carbocycles. The summed E-state index contributed by atoms with van der Waals surface area (Å²) in [6.07, 6.45) is 2.78. The Hall–Kier alpha value is -1.73. The second kappa shape index (κ2) is 9.18. The van der Waals surface area contributed by atoms with Crippen LogP contribution in [-0.4, -0.2) is 36.0 Å². The molecule has 5 nitrogen and oxygen atoms in total. The molecule has 0 aromatic heterocycles. The van der Waals surface area contributed by atoms with E-state index in [0.717, 1.165) is 43.4 Å². The molecule has 0 aliphatic carbocycles. The van der Waals surface area contributed by atoms with Gasteiger partial charge in [-0.3, -0.25) is 9.69 Å². The Morgan fingerprint density at radius 2 is 1.75 bits per heavy atom. The highest BCUT2D eigenvalue weighted by Crippen LogP contribution is 2.24. The van der Waals surface area contributed by atoms with E-state index in [1.807, 2.05) is 12.1 Å².